The van der Waals surface area contributed by atoms with Crippen LogP contribution >= 0.6 is 0 Å². The van der Waals surface area contributed by atoms with E-state index in [2.05, 4.69) is 11.8 Å². The van der Waals surface area contributed by atoms with Crippen LogP contribution in [-0.2, 0) is 11.3 Å². The van der Waals surface area contributed by atoms with Gasteiger partial charge in [-0.15, -0.1) is 0 Å². The highest BCUT2D eigenvalue weighted by Gasteiger charge is 2.20. The van der Waals surface area contributed by atoms with Crippen molar-refractivity contribution in [3.63, 3.8) is 0 Å². The van der Waals surface area contributed by atoms with Crippen molar-refractivity contribution >= 4 is 0 Å². The number of benzene rings is 1. The van der Waals surface area contributed by atoms with Crippen LogP contribution in [0.4, 0.5) is 0 Å². The van der Waals surface area contributed by atoms with Gasteiger partial charge in [-0.2, -0.15) is 0 Å². The van der Waals surface area contributed by atoms with Crippen LogP contribution < -0.4 is 15.2 Å². The van der Waals surface area contributed by atoms with Crippen molar-refractivity contribution in [2.45, 2.75) is 19.6 Å². The number of rotatable bonds is 6. The Morgan fingerprint density at radius 2 is 2.25 bits per heavy atom. The molecule has 2 N–H and O–H groups in total. The first-order valence-electron chi connectivity index (χ1n) is 7.10. The second-order valence-corrected chi connectivity index (χ2v) is 4.89. The quantitative estimate of drug-likeness (QED) is 0.850. The van der Waals surface area contributed by atoms with E-state index in [9.17, 15) is 0 Å². The van der Waals surface area contributed by atoms with Gasteiger partial charge >= 0.3 is 0 Å². The molecule has 1 heterocycles. The fourth-order valence-corrected chi connectivity index (χ4v) is 2.31. The predicted octanol–water partition coefficient (Wildman–Crippen LogP) is 1.25. The molecule has 0 saturated carbocycles. The molecule has 1 aliphatic rings. The highest BCUT2D eigenvalue weighted by Crippen LogP contribution is 2.28. The summed E-state index contributed by atoms with van der Waals surface area (Å²) in [4.78, 5) is 2.37. The van der Waals surface area contributed by atoms with Crippen molar-refractivity contribution in [2.75, 3.05) is 40.0 Å². The van der Waals surface area contributed by atoms with Crippen LogP contribution in [0.1, 0.15) is 12.5 Å². The van der Waals surface area contributed by atoms with Crippen molar-refractivity contribution < 1.29 is 14.2 Å². The molecule has 112 valence electrons. The fourth-order valence-electron chi connectivity index (χ4n) is 2.31. The Labute approximate surface area is 120 Å². The molecule has 0 spiro atoms. The van der Waals surface area contributed by atoms with E-state index in [1.54, 1.807) is 7.11 Å². The van der Waals surface area contributed by atoms with Crippen molar-refractivity contribution in [3.8, 4) is 11.5 Å². The van der Waals surface area contributed by atoms with Gasteiger partial charge in [-0.05, 0) is 24.2 Å². The minimum atomic E-state index is 0.106. The van der Waals surface area contributed by atoms with E-state index >= 15 is 0 Å². The molecule has 2 rings (SSSR count). The average Bonchev–Trinajstić information content (AvgIpc) is 2.52. The van der Waals surface area contributed by atoms with Gasteiger partial charge in [0.2, 0.25) is 0 Å². The molecule has 0 aromatic heterocycles. The molecule has 1 unspecified atom stereocenters. The molecule has 0 aliphatic carbocycles. The zero-order valence-electron chi connectivity index (χ0n) is 12.3. The van der Waals surface area contributed by atoms with E-state index in [1.165, 1.54) is 0 Å². The van der Waals surface area contributed by atoms with Gasteiger partial charge in [0.15, 0.2) is 11.5 Å². The zero-order valence-corrected chi connectivity index (χ0v) is 12.3. The predicted molar refractivity (Wildman–Crippen MR) is 78.2 cm³/mol. The third kappa shape index (κ3) is 3.85. The summed E-state index contributed by atoms with van der Waals surface area (Å²) < 4.78 is 16.9. The first-order chi connectivity index (χ1) is 9.76. The van der Waals surface area contributed by atoms with Gasteiger partial charge in [0, 0.05) is 19.6 Å². The van der Waals surface area contributed by atoms with Crippen LogP contribution in [0.25, 0.3) is 0 Å². The summed E-state index contributed by atoms with van der Waals surface area (Å²) in [5.41, 5.74) is 6.69. The molecule has 0 radical (unpaired) electrons. The van der Waals surface area contributed by atoms with E-state index in [-0.39, 0.29) is 6.10 Å². The average molecular weight is 280 g/mol. The van der Waals surface area contributed by atoms with Crippen LogP contribution in [0.15, 0.2) is 18.2 Å². The lowest BCUT2D eigenvalue weighted by molar-refractivity contribution is -0.0466. The van der Waals surface area contributed by atoms with Crippen LogP contribution in [0.2, 0.25) is 0 Å². The van der Waals surface area contributed by atoms with E-state index in [0.717, 1.165) is 43.3 Å². The van der Waals surface area contributed by atoms with Crippen LogP contribution in [0.3, 0.4) is 0 Å². The molecule has 5 heteroatoms. The summed E-state index contributed by atoms with van der Waals surface area (Å²) in [5.74, 6) is 1.46. The maximum atomic E-state index is 5.87. The summed E-state index contributed by atoms with van der Waals surface area (Å²) in [6.45, 7) is 6.91. The van der Waals surface area contributed by atoms with Gasteiger partial charge < -0.3 is 19.9 Å². The number of methoxy groups -OCH3 is 1. The Balaban J connectivity index is 1.95. The monoisotopic (exact) mass is 280 g/mol. The van der Waals surface area contributed by atoms with Crippen molar-refractivity contribution in [1.29, 1.82) is 0 Å². The number of ether oxygens (including phenoxy) is 3. The first-order valence-corrected chi connectivity index (χ1v) is 7.10. The molecule has 0 bridgehead atoms. The number of nitrogens with two attached hydrogens (primary N) is 1. The number of hydrogen-bond acceptors (Lipinski definition) is 5. The van der Waals surface area contributed by atoms with Crippen LogP contribution in [0.5, 0.6) is 11.5 Å². The molecule has 1 saturated heterocycles. The maximum absolute atomic E-state index is 5.87. The van der Waals surface area contributed by atoms with Gasteiger partial charge in [0.1, 0.15) is 12.7 Å². The van der Waals surface area contributed by atoms with Gasteiger partial charge in [0.25, 0.3) is 0 Å². The minimum absolute atomic E-state index is 0.106. The van der Waals surface area contributed by atoms with E-state index in [4.69, 9.17) is 19.9 Å². The summed E-state index contributed by atoms with van der Waals surface area (Å²) >= 11 is 0. The molecule has 1 aromatic rings. The summed E-state index contributed by atoms with van der Waals surface area (Å²) in [5, 5.41) is 0. The fraction of sp³-hybridized carbons (Fsp3) is 0.600. The topological polar surface area (TPSA) is 57.0 Å². The zero-order chi connectivity index (χ0) is 14.4. The van der Waals surface area contributed by atoms with E-state index < -0.39 is 0 Å². The molecular weight excluding hydrogens is 256 g/mol. The standard InChI is InChI=1S/C15H24N2O3/c1-3-17-6-7-19-13(10-17)11-20-15-8-12(9-16)4-5-14(15)18-2/h4-5,8,13H,3,6-7,9-11,16H2,1-2H3. The normalized spacial score (nSPS) is 19.9. The number of nitrogens with zero attached hydrogens (tertiary/aromatic N) is 1. The second-order valence-electron chi connectivity index (χ2n) is 4.89. The summed E-state index contributed by atoms with van der Waals surface area (Å²) in [6.07, 6.45) is 0.106. The summed E-state index contributed by atoms with van der Waals surface area (Å²) in [6, 6.07) is 5.76. The van der Waals surface area contributed by atoms with Crippen LogP contribution in [-0.4, -0.2) is 51.0 Å². The van der Waals surface area contributed by atoms with Gasteiger partial charge in [0.05, 0.1) is 13.7 Å². The van der Waals surface area contributed by atoms with Crippen molar-refractivity contribution in [3.05, 3.63) is 23.8 Å². The number of likely N-dealkylation sites (N-methyl/N-ethyl adjacent to an activating group) is 1. The third-order valence-corrected chi connectivity index (χ3v) is 3.56. The Morgan fingerprint density at radius 1 is 1.40 bits per heavy atom. The third-order valence-electron chi connectivity index (χ3n) is 3.56. The maximum Gasteiger partial charge on any atom is 0.161 e. The van der Waals surface area contributed by atoms with Crippen LogP contribution in [0, 0.1) is 0 Å². The Bertz CT molecular complexity index is 426. The highest BCUT2D eigenvalue weighted by molar-refractivity contribution is 5.42. The SMILES string of the molecule is CCN1CCOC(COc2cc(CN)ccc2OC)C1. The molecule has 1 aromatic carbocycles. The van der Waals surface area contributed by atoms with E-state index in [1.807, 2.05) is 18.2 Å². The Hall–Kier alpha value is -1.30. The van der Waals surface area contributed by atoms with Gasteiger partial charge in [-0.3, -0.25) is 4.90 Å². The first kappa shape index (κ1) is 15.1. The Kier molecular flexibility index (Phi) is 5.64. The molecule has 0 amide bonds. The minimum Gasteiger partial charge on any atom is -0.493 e. The van der Waals surface area contributed by atoms with Gasteiger partial charge in [-0.25, -0.2) is 0 Å². The molecule has 1 atom stereocenters. The molecule has 5 nitrogen and oxygen atoms in total. The van der Waals surface area contributed by atoms with Crippen molar-refractivity contribution in [1.82, 2.24) is 4.90 Å². The lowest BCUT2D eigenvalue weighted by Gasteiger charge is -2.31. The molecule has 1 fully saturated rings. The Morgan fingerprint density at radius 3 is 2.95 bits per heavy atom. The number of hydrogen-bond donors (Lipinski definition) is 1. The smallest absolute Gasteiger partial charge is 0.161 e. The molecular formula is C15H24N2O3. The lowest BCUT2D eigenvalue weighted by Crippen LogP contribution is -2.44. The number of morpholine rings is 1. The molecule has 20 heavy (non-hydrogen) atoms. The highest BCUT2D eigenvalue weighted by atomic mass is 16.5. The molecule has 1 aliphatic heterocycles. The van der Waals surface area contributed by atoms with Gasteiger partial charge in [-0.1, -0.05) is 13.0 Å². The summed E-state index contributed by atoms with van der Waals surface area (Å²) in [7, 11) is 1.64. The van der Waals surface area contributed by atoms with Crippen molar-refractivity contribution in [2.24, 2.45) is 5.73 Å². The second kappa shape index (κ2) is 7.47. The largest absolute Gasteiger partial charge is 0.493 e. The lowest BCUT2D eigenvalue weighted by atomic mass is 10.2. The van der Waals surface area contributed by atoms with E-state index in [0.29, 0.717) is 13.2 Å².